The number of anilines is 1. The molecular weight excluding hydrogens is 334 g/mol. The number of nitrogens with one attached hydrogen (secondary N) is 2. The lowest BCUT2D eigenvalue weighted by Gasteiger charge is -2.07. The SMILES string of the molecule is CCOc1ccc(NC(=O)CCC(=O)NN=Cc2ccc(O)cc2)cc1. The molecule has 3 N–H and O–H groups in total. The molecule has 2 aromatic carbocycles. The largest absolute Gasteiger partial charge is 0.508 e. The van der Waals surface area contributed by atoms with Crippen molar-refractivity contribution in [2.24, 2.45) is 5.10 Å². The van der Waals surface area contributed by atoms with Crippen LogP contribution >= 0.6 is 0 Å². The van der Waals surface area contributed by atoms with E-state index in [2.05, 4.69) is 15.8 Å². The van der Waals surface area contributed by atoms with E-state index in [1.165, 1.54) is 18.3 Å². The van der Waals surface area contributed by atoms with Crippen LogP contribution in [0, 0.1) is 0 Å². The Hall–Kier alpha value is -3.35. The highest BCUT2D eigenvalue weighted by atomic mass is 16.5. The normalized spacial score (nSPS) is 10.5. The zero-order chi connectivity index (χ0) is 18.8. The van der Waals surface area contributed by atoms with Crippen LogP contribution in [-0.4, -0.2) is 29.7 Å². The molecule has 7 nitrogen and oxygen atoms in total. The van der Waals surface area contributed by atoms with Crippen molar-refractivity contribution >= 4 is 23.7 Å². The van der Waals surface area contributed by atoms with E-state index in [4.69, 9.17) is 4.74 Å². The maximum Gasteiger partial charge on any atom is 0.240 e. The van der Waals surface area contributed by atoms with E-state index in [9.17, 15) is 14.7 Å². The fourth-order valence-corrected chi connectivity index (χ4v) is 2.05. The van der Waals surface area contributed by atoms with Gasteiger partial charge in [0, 0.05) is 18.5 Å². The molecule has 0 heterocycles. The number of hydrogen-bond donors (Lipinski definition) is 3. The van der Waals surface area contributed by atoms with Crippen LogP contribution in [0.5, 0.6) is 11.5 Å². The smallest absolute Gasteiger partial charge is 0.240 e. The van der Waals surface area contributed by atoms with Gasteiger partial charge < -0.3 is 15.2 Å². The summed E-state index contributed by atoms with van der Waals surface area (Å²) in [6, 6.07) is 13.4. The number of nitrogens with zero attached hydrogens (tertiary/aromatic N) is 1. The lowest BCUT2D eigenvalue weighted by molar-refractivity contribution is -0.124. The van der Waals surface area contributed by atoms with Crippen LogP contribution in [0.2, 0.25) is 0 Å². The molecule has 0 radical (unpaired) electrons. The molecule has 0 bridgehead atoms. The predicted octanol–water partition coefficient (Wildman–Crippen LogP) is 2.66. The Labute approximate surface area is 151 Å². The molecule has 2 aromatic rings. The van der Waals surface area contributed by atoms with E-state index < -0.39 is 0 Å². The second-order valence-electron chi connectivity index (χ2n) is 5.39. The van der Waals surface area contributed by atoms with E-state index >= 15 is 0 Å². The van der Waals surface area contributed by atoms with Crippen LogP contribution < -0.4 is 15.5 Å². The van der Waals surface area contributed by atoms with Gasteiger partial charge in [0.15, 0.2) is 0 Å². The first-order valence-corrected chi connectivity index (χ1v) is 8.20. The molecule has 2 amide bonds. The zero-order valence-electron chi connectivity index (χ0n) is 14.4. The maximum absolute atomic E-state index is 11.9. The highest BCUT2D eigenvalue weighted by molar-refractivity contribution is 5.93. The van der Waals surface area contributed by atoms with Gasteiger partial charge in [0.2, 0.25) is 11.8 Å². The molecule has 7 heteroatoms. The van der Waals surface area contributed by atoms with Gasteiger partial charge in [0.05, 0.1) is 12.8 Å². The van der Waals surface area contributed by atoms with Crippen LogP contribution in [0.1, 0.15) is 25.3 Å². The van der Waals surface area contributed by atoms with Gasteiger partial charge in [-0.2, -0.15) is 5.10 Å². The van der Waals surface area contributed by atoms with Crippen molar-refractivity contribution in [2.75, 3.05) is 11.9 Å². The third kappa shape index (κ3) is 6.64. The van der Waals surface area contributed by atoms with Crippen molar-refractivity contribution in [3.63, 3.8) is 0 Å². The molecule has 0 aliphatic rings. The number of hydrogen-bond acceptors (Lipinski definition) is 5. The molecule has 2 rings (SSSR count). The van der Waals surface area contributed by atoms with Crippen molar-refractivity contribution in [1.29, 1.82) is 0 Å². The molecule has 26 heavy (non-hydrogen) atoms. The molecular formula is C19H21N3O4. The molecule has 0 aliphatic carbocycles. The summed E-state index contributed by atoms with van der Waals surface area (Å²) in [6.07, 6.45) is 1.53. The number of carbonyl (C=O) groups is 2. The highest BCUT2D eigenvalue weighted by Gasteiger charge is 2.07. The molecule has 0 fully saturated rings. The van der Waals surface area contributed by atoms with Gasteiger partial charge in [-0.05, 0) is 61.0 Å². The minimum atomic E-state index is -0.359. The lowest BCUT2D eigenvalue weighted by atomic mass is 10.2. The Kier molecular flexibility index (Phi) is 7.17. The summed E-state index contributed by atoms with van der Waals surface area (Å²) in [6.45, 7) is 2.48. The first kappa shape index (κ1) is 19.0. The second kappa shape index (κ2) is 9.83. The summed E-state index contributed by atoms with van der Waals surface area (Å²) < 4.78 is 5.33. The number of hydrazone groups is 1. The van der Waals surface area contributed by atoms with E-state index in [1.807, 2.05) is 6.92 Å². The van der Waals surface area contributed by atoms with Crippen LogP contribution in [-0.2, 0) is 9.59 Å². The number of phenolic OH excluding ortho intramolecular Hbond substituents is 1. The minimum Gasteiger partial charge on any atom is -0.508 e. The van der Waals surface area contributed by atoms with Crippen LogP contribution in [0.15, 0.2) is 53.6 Å². The second-order valence-corrected chi connectivity index (χ2v) is 5.39. The Balaban J connectivity index is 1.70. The van der Waals surface area contributed by atoms with Gasteiger partial charge in [-0.25, -0.2) is 5.43 Å². The van der Waals surface area contributed by atoms with Crippen LogP contribution in [0.4, 0.5) is 5.69 Å². The monoisotopic (exact) mass is 355 g/mol. The average molecular weight is 355 g/mol. The summed E-state index contributed by atoms with van der Waals surface area (Å²) in [5.74, 6) is 0.273. The molecule has 0 spiro atoms. The van der Waals surface area contributed by atoms with Gasteiger partial charge in [-0.1, -0.05) is 0 Å². The molecule has 136 valence electrons. The zero-order valence-corrected chi connectivity index (χ0v) is 14.4. The topological polar surface area (TPSA) is 100 Å². The van der Waals surface area contributed by atoms with Crippen molar-refractivity contribution in [3.8, 4) is 11.5 Å². The van der Waals surface area contributed by atoms with Gasteiger partial charge in [-0.3, -0.25) is 9.59 Å². The van der Waals surface area contributed by atoms with Gasteiger partial charge in [0.1, 0.15) is 11.5 Å². The fraction of sp³-hybridized carbons (Fsp3) is 0.211. The summed E-state index contributed by atoms with van der Waals surface area (Å²) in [5, 5.41) is 15.7. The summed E-state index contributed by atoms with van der Waals surface area (Å²) in [5.41, 5.74) is 3.73. The molecule has 0 saturated heterocycles. The Bertz CT molecular complexity index is 755. The maximum atomic E-state index is 11.9. The van der Waals surface area contributed by atoms with Crippen molar-refractivity contribution in [3.05, 3.63) is 54.1 Å². The van der Waals surface area contributed by atoms with E-state index in [0.717, 1.165) is 11.3 Å². The number of ether oxygens (including phenoxy) is 1. The number of aromatic hydroxyl groups is 1. The van der Waals surface area contributed by atoms with Crippen molar-refractivity contribution < 1.29 is 19.4 Å². The molecule has 0 saturated carbocycles. The van der Waals surface area contributed by atoms with E-state index in [1.54, 1.807) is 36.4 Å². The van der Waals surface area contributed by atoms with Gasteiger partial charge in [0.25, 0.3) is 0 Å². The summed E-state index contributed by atoms with van der Waals surface area (Å²) in [4.78, 5) is 23.6. The third-order valence-electron chi connectivity index (χ3n) is 3.32. The lowest BCUT2D eigenvalue weighted by Crippen LogP contribution is -2.20. The number of phenols is 1. The van der Waals surface area contributed by atoms with Crippen LogP contribution in [0.25, 0.3) is 0 Å². The number of benzene rings is 2. The average Bonchev–Trinajstić information content (AvgIpc) is 2.63. The quantitative estimate of drug-likeness (QED) is 0.501. The first-order valence-electron chi connectivity index (χ1n) is 8.20. The van der Waals surface area contributed by atoms with Crippen molar-refractivity contribution in [2.45, 2.75) is 19.8 Å². The van der Waals surface area contributed by atoms with Crippen LogP contribution in [0.3, 0.4) is 0 Å². The predicted molar refractivity (Wildman–Crippen MR) is 99.3 cm³/mol. The van der Waals surface area contributed by atoms with Gasteiger partial charge >= 0.3 is 0 Å². The summed E-state index contributed by atoms with van der Waals surface area (Å²) in [7, 11) is 0. The minimum absolute atomic E-state index is 0.0236. The first-order chi connectivity index (χ1) is 12.6. The number of carbonyl (C=O) groups excluding carboxylic acids is 2. The van der Waals surface area contributed by atoms with E-state index in [-0.39, 0.29) is 30.4 Å². The summed E-state index contributed by atoms with van der Waals surface area (Å²) >= 11 is 0. The van der Waals surface area contributed by atoms with Gasteiger partial charge in [-0.15, -0.1) is 0 Å². The molecule has 0 aliphatic heterocycles. The Morgan fingerprint density at radius 1 is 1.04 bits per heavy atom. The third-order valence-corrected chi connectivity index (χ3v) is 3.32. The molecule has 0 unspecified atom stereocenters. The molecule has 0 atom stereocenters. The Morgan fingerprint density at radius 3 is 2.35 bits per heavy atom. The number of rotatable bonds is 8. The highest BCUT2D eigenvalue weighted by Crippen LogP contribution is 2.15. The molecule has 0 aromatic heterocycles. The standard InChI is InChI=1S/C19H21N3O4/c1-2-26-17-9-5-15(6-10-17)21-18(24)11-12-19(25)22-20-13-14-3-7-16(23)8-4-14/h3-10,13,23H,2,11-12H2,1H3,(H,21,24)(H,22,25). The number of amides is 2. The van der Waals surface area contributed by atoms with Crippen molar-refractivity contribution in [1.82, 2.24) is 5.43 Å². The fourth-order valence-electron chi connectivity index (χ4n) is 2.05. The Morgan fingerprint density at radius 2 is 1.69 bits per heavy atom. The van der Waals surface area contributed by atoms with E-state index in [0.29, 0.717) is 12.3 Å².